The van der Waals surface area contributed by atoms with Crippen molar-refractivity contribution in [2.75, 3.05) is 0 Å². The number of benzene rings is 3. The van der Waals surface area contributed by atoms with E-state index < -0.39 is 5.69 Å². The molecule has 0 spiro atoms. The van der Waals surface area contributed by atoms with Crippen LogP contribution in [0.5, 0.6) is 0 Å². The Labute approximate surface area is 169 Å². The van der Waals surface area contributed by atoms with Crippen molar-refractivity contribution in [2.45, 2.75) is 13.8 Å². The van der Waals surface area contributed by atoms with Crippen LogP contribution < -0.4 is 5.69 Å². The average molecular weight is 377 g/mol. The van der Waals surface area contributed by atoms with Crippen LogP contribution in [-0.2, 0) is 0 Å². The Morgan fingerprint density at radius 3 is 2.00 bits per heavy atom. The van der Waals surface area contributed by atoms with Crippen molar-refractivity contribution in [1.82, 2.24) is 15.0 Å². The maximum Gasteiger partial charge on any atom is 0.348 e. The quantitative estimate of drug-likeness (QED) is 0.523. The zero-order chi connectivity index (χ0) is 20.2. The van der Waals surface area contributed by atoms with Gasteiger partial charge in [-0.3, -0.25) is 4.98 Å². The molecule has 1 N–H and O–H groups in total. The number of nitrogens with one attached hydrogen (secondary N) is 1. The maximum absolute atomic E-state index is 12.2. The van der Waals surface area contributed by atoms with Crippen LogP contribution in [-0.4, -0.2) is 15.0 Å². The molecule has 0 aliphatic heterocycles. The zero-order valence-electron chi connectivity index (χ0n) is 16.2. The third-order valence-corrected chi connectivity index (χ3v) is 4.64. The van der Waals surface area contributed by atoms with Crippen molar-refractivity contribution in [1.29, 1.82) is 0 Å². The van der Waals surface area contributed by atoms with E-state index in [4.69, 9.17) is 0 Å². The number of nitrogens with zero attached hydrogens (tertiary/aromatic N) is 2. The molecule has 140 valence electrons. The van der Waals surface area contributed by atoms with E-state index in [1.165, 1.54) is 0 Å². The van der Waals surface area contributed by atoms with E-state index in [2.05, 4.69) is 26.8 Å². The third-order valence-electron chi connectivity index (χ3n) is 4.64. The number of aryl methyl sites for hydroxylation is 2. The van der Waals surface area contributed by atoms with Crippen LogP contribution >= 0.6 is 0 Å². The molecule has 1 aromatic heterocycles. The van der Waals surface area contributed by atoms with Crippen molar-refractivity contribution in [3.05, 3.63) is 106 Å². The third kappa shape index (κ3) is 4.15. The maximum atomic E-state index is 12.2. The van der Waals surface area contributed by atoms with Gasteiger partial charge in [0.15, 0.2) is 5.82 Å². The molecular formula is C25H19N3O. The molecule has 1 heterocycles. The van der Waals surface area contributed by atoms with E-state index in [0.29, 0.717) is 11.6 Å². The van der Waals surface area contributed by atoms with Gasteiger partial charge < -0.3 is 0 Å². The predicted molar refractivity (Wildman–Crippen MR) is 115 cm³/mol. The summed E-state index contributed by atoms with van der Waals surface area (Å²) in [4.78, 5) is 23.6. The van der Waals surface area contributed by atoms with Crippen molar-refractivity contribution in [2.24, 2.45) is 0 Å². The van der Waals surface area contributed by atoms with Gasteiger partial charge in [-0.1, -0.05) is 48.2 Å². The zero-order valence-corrected chi connectivity index (χ0v) is 16.2. The summed E-state index contributed by atoms with van der Waals surface area (Å²) in [6.45, 7) is 4.01. The van der Waals surface area contributed by atoms with E-state index in [1.807, 2.05) is 86.6 Å². The molecule has 4 rings (SSSR count). The number of aromatic amines is 1. The minimum atomic E-state index is -0.416. The van der Waals surface area contributed by atoms with Gasteiger partial charge in [-0.25, -0.2) is 9.78 Å². The molecule has 0 aliphatic rings. The second kappa shape index (κ2) is 7.95. The number of aromatic nitrogens is 3. The molecule has 0 fully saturated rings. The molecule has 0 atom stereocenters. The fourth-order valence-corrected chi connectivity index (χ4v) is 3.19. The van der Waals surface area contributed by atoms with Gasteiger partial charge >= 0.3 is 5.69 Å². The summed E-state index contributed by atoms with van der Waals surface area (Å²) in [6.07, 6.45) is 0. The first-order chi connectivity index (χ1) is 14.1. The predicted octanol–water partition coefficient (Wildman–Crippen LogP) is 4.52. The van der Waals surface area contributed by atoms with Crippen LogP contribution in [0, 0.1) is 25.7 Å². The van der Waals surface area contributed by atoms with Gasteiger partial charge in [-0.05, 0) is 61.4 Å². The van der Waals surface area contributed by atoms with Crippen LogP contribution in [0.1, 0.15) is 22.3 Å². The lowest BCUT2D eigenvalue weighted by molar-refractivity contribution is 0.999. The van der Waals surface area contributed by atoms with Gasteiger partial charge in [0.25, 0.3) is 0 Å². The molecule has 4 aromatic rings. The van der Waals surface area contributed by atoms with Gasteiger partial charge in [-0.15, -0.1) is 0 Å². The molecule has 4 nitrogen and oxygen atoms in total. The molecule has 4 heteroatoms. The summed E-state index contributed by atoms with van der Waals surface area (Å²) >= 11 is 0. The highest BCUT2D eigenvalue weighted by Gasteiger charge is 2.11. The Hall–Kier alpha value is -3.97. The van der Waals surface area contributed by atoms with Crippen LogP contribution in [0.25, 0.3) is 22.8 Å². The molecule has 0 aliphatic carbocycles. The minimum Gasteiger partial charge on any atom is -0.290 e. The average Bonchev–Trinajstić information content (AvgIpc) is 2.73. The van der Waals surface area contributed by atoms with E-state index >= 15 is 0 Å². The summed E-state index contributed by atoms with van der Waals surface area (Å²) in [7, 11) is 0. The van der Waals surface area contributed by atoms with Gasteiger partial charge in [0.1, 0.15) is 5.82 Å². The number of hydrogen-bond donors (Lipinski definition) is 1. The summed E-state index contributed by atoms with van der Waals surface area (Å²) in [5.74, 6) is 7.21. The first-order valence-electron chi connectivity index (χ1n) is 9.32. The van der Waals surface area contributed by atoms with Gasteiger partial charge in [0.2, 0.25) is 0 Å². The van der Waals surface area contributed by atoms with Crippen molar-refractivity contribution >= 4 is 0 Å². The molecule has 0 saturated heterocycles. The highest BCUT2D eigenvalue weighted by molar-refractivity contribution is 5.66. The van der Waals surface area contributed by atoms with Crippen LogP contribution in [0.3, 0.4) is 0 Å². The Kier molecular flexibility index (Phi) is 5.05. The minimum absolute atomic E-state index is 0.397. The summed E-state index contributed by atoms with van der Waals surface area (Å²) in [5.41, 5.74) is 5.24. The van der Waals surface area contributed by atoms with E-state index in [9.17, 15) is 4.79 Å². The van der Waals surface area contributed by atoms with Crippen LogP contribution in [0.2, 0.25) is 0 Å². The lowest BCUT2D eigenvalue weighted by atomic mass is 10.0. The Balaban J connectivity index is 1.68. The van der Waals surface area contributed by atoms with Gasteiger partial charge in [0.05, 0.1) is 0 Å². The molecule has 0 bridgehead atoms. The van der Waals surface area contributed by atoms with Crippen LogP contribution in [0.4, 0.5) is 0 Å². The van der Waals surface area contributed by atoms with Crippen molar-refractivity contribution in [3.8, 4) is 34.6 Å². The van der Waals surface area contributed by atoms with E-state index in [0.717, 1.165) is 33.4 Å². The summed E-state index contributed by atoms with van der Waals surface area (Å²) < 4.78 is 0. The monoisotopic (exact) mass is 377 g/mol. The highest BCUT2D eigenvalue weighted by atomic mass is 16.1. The molecule has 0 amide bonds. The molecule has 0 saturated carbocycles. The topological polar surface area (TPSA) is 58.6 Å². The second-order valence-electron chi connectivity index (χ2n) is 6.79. The second-order valence-corrected chi connectivity index (χ2v) is 6.79. The SMILES string of the molecule is Cc1cccc(C)c1-c1nc(-c2ccc(C#Cc3ccccc3)cc2)nc(=O)[nH]1. The van der Waals surface area contributed by atoms with E-state index in [1.54, 1.807) is 0 Å². The first kappa shape index (κ1) is 18.4. The molecule has 29 heavy (non-hydrogen) atoms. The molecular weight excluding hydrogens is 358 g/mol. The Morgan fingerprint density at radius 2 is 1.34 bits per heavy atom. The number of hydrogen-bond acceptors (Lipinski definition) is 3. The number of rotatable bonds is 2. The van der Waals surface area contributed by atoms with Crippen LogP contribution in [0.15, 0.2) is 77.6 Å². The summed E-state index contributed by atoms with van der Waals surface area (Å²) in [5, 5.41) is 0. The lowest BCUT2D eigenvalue weighted by Gasteiger charge is -2.09. The Morgan fingerprint density at radius 1 is 0.724 bits per heavy atom. The lowest BCUT2D eigenvalue weighted by Crippen LogP contribution is -2.15. The number of H-pyrrole nitrogens is 1. The molecule has 3 aromatic carbocycles. The fraction of sp³-hybridized carbons (Fsp3) is 0.0800. The van der Waals surface area contributed by atoms with E-state index in [-0.39, 0.29) is 0 Å². The molecule has 0 radical (unpaired) electrons. The standard InChI is InChI=1S/C25H19N3O/c1-17-7-6-8-18(2)22(17)24-26-23(27-25(29)28-24)21-15-13-20(14-16-21)12-11-19-9-4-3-5-10-19/h3-10,13-16H,1-2H3,(H,26,27,28,29). The first-order valence-corrected chi connectivity index (χ1v) is 9.32. The smallest absolute Gasteiger partial charge is 0.290 e. The Bertz CT molecular complexity index is 1260. The van der Waals surface area contributed by atoms with Crippen molar-refractivity contribution < 1.29 is 0 Å². The summed E-state index contributed by atoms with van der Waals surface area (Å²) in [6, 6.07) is 23.4. The molecule has 0 unspecified atom stereocenters. The normalized spacial score (nSPS) is 10.3. The largest absolute Gasteiger partial charge is 0.348 e. The van der Waals surface area contributed by atoms with Crippen molar-refractivity contribution in [3.63, 3.8) is 0 Å². The van der Waals surface area contributed by atoms with Gasteiger partial charge in [0, 0.05) is 22.3 Å². The highest BCUT2D eigenvalue weighted by Crippen LogP contribution is 2.24. The van der Waals surface area contributed by atoms with Gasteiger partial charge in [-0.2, -0.15) is 4.98 Å². The fourth-order valence-electron chi connectivity index (χ4n) is 3.19.